The Morgan fingerprint density at radius 2 is 2.18 bits per heavy atom. The number of amides is 1. The maximum Gasteiger partial charge on any atom is 0.223 e. The molecule has 3 nitrogen and oxygen atoms in total. The summed E-state index contributed by atoms with van der Waals surface area (Å²) in [7, 11) is 1.60. The summed E-state index contributed by atoms with van der Waals surface area (Å²) in [6, 6.07) is 6.38. The molecule has 1 saturated carbocycles. The number of ether oxygens (including phenoxy) is 1. The molecule has 17 heavy (non-hydrogen) atoms. The fourth-order valence-electron chi connectivity index (χ4n) is 1.97. The van der Waals surface area contributed by atoms with E-state index in [1.165, 1.54) is 12.1 Å². The summed E-state index contributed by atoms with van der Waals surface area (Å²) in [5, 5.41) is 2.82. The molecule has 0 saturated heterocycles. The topological polar surface area (TPSA) is 38.3 Å². The van der Waals surface area contributed by atoms with E-state index in [-0.39, 0.29) is 23.6 Å². The summed E-state index contributed by atoms with van der Waals surface area (Å²) in [5.41, 5.74) is 1.04. The molecule has 1 N–H and O–H groups in total. The Morgan fingerprint density at radius 1 is 1.47 bits per heavy atom. The maximum atomic E-state index is 12.7. The van der Waals surface area contributed by atoms with E-state index in [1.54, 1.807) is 19.2 Å². The summed E-state index contributed by atoms with van der Waals surface area (Å²) in [5.74, 6) is 0.113. The molecule has 1 aromatic rings. The van der Waals surface area contributed by atoms with Crippen molar-refractivity contribution in [2.45, 2.75) is 12.3 Å². The van der Waals surface area contributed by atoms with Crippen LogP contribution >= 0.6 is 0 Å². The number of nitrogens with one attached hydrogen (secondary N) is 1. The number of hydrogen-bond acceptors (Lipinski definition) is 2. The van der Waals surface area contributed by atoms with Crippen LogP contribution in [-0.2, 0) is 9.53 Å². The van der Waals surface area contributed by atoms with Crippen LogP contribution in [0.5, 0.6) is 0 Å². The van der Waals surface area contributed by atoms with Crippen molar-refractivity contribution in [3.05, 3.63) is 35.6 Å². The van der Waals surface area contributed by atoms with Crippen LogP contribution in [0.1, 0.15) is 17.9 Å². The fourth-order valence-corrected chi connectivity index (χ4v) is 1.97. The van der Waals surface area contributed by atoms with Gasteiger partial charge in [0.05, 0.1) is 6.61 Å². The van der Waals surface area contributed by atoms with Gasteiger partial charge in [-0.05, 0) is 30.0 Å². The van der Waals surface area contributed by atoms with Gasteiger partial charge in [-0.1, -0.05) is 12.1 Å². The SMILES string of the molecule is COCCNC(=O)C1CC1c1ccc(F)cc1. The van der Waals surface area contributed by atoms with E-state index in [0.717, 1.165) is 12.0 Å². The first-order chi connectivity index (χ1) is 8.22. The van der Waals surface area contributed by atoms with E-state index in [2.05, 4.69) is 5.32 Å². The van der Waals surface area contributed by atoms with E-state index < -0.39 is 0 Å². The number of methoxy groups -OCH3 is 1. The first-order valence-corrected chi connectivity index (χ1v) is 5.74. The van der Waals surface area contributed by atoms with Gasteiger partial charge in [0.15, 0.2) is 0 Å². The fraction of sp³-hybridized carbons (Fsp3) is 0.462. The predicted molar refractivity (Wildman–Crippen MR) is 62.1 cm³/mol. The predicted octanol–water partition coefficient (Wildman–Crippen LogP) is 1.69. The number of hydrogen-bond donors (Lipinski definition) is 1. The minimum absolute atomic E-state index is 0.0392. The summed E-state index contributed by atoms with van der Waals surface area (Å²) in [4.78, 5) is 11.7. The van der Waals surface area contributed by atoms with Gasteiger partial charge in [-0.2, -0.15) is 0 Å². The molecule has 2 rings (SSSR count). The highest BCUT2D eigenvalue weighted by Gasteiger charge is 2.43. The van der Waals surface area contributed by atoms with Gasteiger partial charge in [0.1, 0.15) is 5.82 Å². The molecule has 1 aliphatic carbocycles. The molecule has 2 unspecified atom stereocenters. The van der Waals surface area contributed by atoms with Crippen molar-refractivity contribution in [3.8, 4) is 0 Å². The van der Waals surface area contributed by atoms with Crippen molar-refractivity contribution in [3.63, 3.8) is 0 Å². The molecule has 1 aliphatic rings. The molecular formula is C13H16FNO2. The second kappa shape index (κ2) is 5.27. The van der Waals surface area contributed by atoms with Crippen molar-refractivity contribution in [1.29, 1.82) is 0 Å². The molecule has 0 spiro atoms. The van der Waals surface area contributed by atoms with Crippen molar-refractivity contribution in [2.24, 2.45) is 5.92 Å². The van der Waals surface area contributed by atoms with Gasteiger partial charge in [-0.25, -0.2) is 4.39 Å². The van der Waals surface area contributed by atoms with Crippen LogP contribution in [0.4, 0.5) is 4.39 Å². The van der Waals surface area contributed by atoms with Crippen molar-refractivity contribution < 1.29 is 13.9 Å². The molecule has 0 aliphatic heterocycles. The van der Waals surface area contributed by atoms with Gasteiger partial charge in [0, 0.05) is 19.6 Å². The van der Waals surface area contributed by atoms with E-state index in [9.17, 15) is 9.18 Å². The Balaban J connectivity index is 1.83. The molecule has 1 aromatic carbocycles. The molecular weight excluding hydrogens is 221 g/mol. The normalized spacial score (nSPS) is 22.2. The average Bonchev–Trinajstić information content (AvgIpc) is 3.10. The van der Waals surface area contributed by atoms with Crippen LogP contribution in [0.2, 0.25) is 0 Å². The van der Waals surface area contributed by atoms with Gasteiger partial charge in [0.25, 0.3) is 0 Å². The molecule has 4 heteroatoms. The van der Waals surface area contributed by atoms with Gasteiger partial charge in [0.2, 0.25) is 5.91 Å². The van der Waals surface area contributed by atoms with Crippen molar-refractivity contribution in [1.82, 2.24) is 5.32 Å². The highest BCUT2D eigenvalue weighted by atomic mass is 19.1. The molecule has 1 amide bonds. The lowest BCUT2D eigenvalue weighted by Crippen LogP contribution is -2.28. The standard InChI is InChI=1S/C13H16FNO2/c1-17-7-6-15-13(16)12-8-11(12)9-2-4-10(14)5-3-9/h2-5,11-12H,6-8H2,1H3,(H,15,16). The van der Waals surface area contributed by atoms with E-state index in [4.69, 9.17) is 4.74 Å². The van der Waals surface area contributed by atoms with Gasteiger partial charge in [-0.15, -0.1) is 0 Å². The van der Waals surface area contributed by atoms with E-state index >= 15 is 0 Å². The Bertz CT molecular complexity index is 391. The first kappa shape index (κ1) is 12.0. The Morgan fingerprint density at radius 3 is 2.82 bits per heavy atom. The van der Waals surface area contributed by atoms with Crippen LogP contribution in [0, 0.1) is 11.7 Å². The number of halogens is 1. The first-order valence-electron chi connectivity index (χ1n) is 5.74. The lowest BCUT2D eigenvalue weighted by Gasteiger charge is -2.04. The van der Waals surface area contributed by atoms with Crippen LogP contribution in [0.25, 0.3) is 0 Å². The van der Waals surface area contributed by atoms with Crippen LogP contribution < -0.4 is 5.32 Å². The molecule has 1 fully saturated rings. The molecule has 0 radical (unpaired) electrons. The lowest BCUT2D eigenvalue weighted by molar-refractivity contribution is -0.122. The lowest BCUT2D eigenvalue weighted by atomic mass is 10.1. The Hall–Kier alpha value is -1.42. The zero-order chi connectivity index (χ0) is 12.3. The highest BCUT2D eigenvalue weighted by molar-refractivity contribution is 5.82. The number of carbonyl (C=O) groups is 1. The third-order valence-electron chi connectivity index (χ3n) is 3.03. The highest BCUT2D eigenvalue weighted by Crippen LogP contribution is 2.47. The molecule has 2 atom stereocenters. The second-order valence-corrected chi connectivity index (χ2v) is 4.28. The van der Waals surface area contributed by atoms with Gasteiger partial charge < -0.3 is 10.1 Å². The largest absolute Gasteiger partial charge is 0.383 e. The second-order valence-electron chi connectivity index (χ2n) is 4.28. The van der Waals surface area contributed by atoms with Crippen LogP contribution in [0.3, 0.4) is 0 Å². The Labute approximate surface area is 100.0 Å². The minimum Gasteiger partial charge on any atom is -0.383 e. The van der Waals surface area contributed by atoms with Crippen molar-refractivity contribution in [2.75, 3.05) is 20.3 Å². The van der Waals surface area contributed by atoms with Gasteiger partial charge >= 0.3 is 0 Å². The van der Waals surface area contributed by atoms with Gasteiger partial charge in [-0.3, -0.25) is 4.79 Å². The number of rotatable bonds is 5. The molecule has 92 valence electrons. The third-order valence-corrected chi connectivity index (χ3v) is 3.03. The summed E-state index contributed by atoms with van der Waals surface area (Å²) in [6.45, 7) is 1.07. The summed E-state index contributed by atoms with van der Waals surface area (Å²) in [6.07, 6.45) is 0.852. The van der Waals surface area contributed by atoms with E-state index in [0.29, 0.717) is 13.2 Å². The summed E-state index contributed by atoms with van der Waals surface area (Å²) >= 11 is 0. The zero-order valence-corrected chi connectivity index (χ0v) is 9.78. The average molecular weight is 237 g/mol. The quantitative estimate of drug-likeness (QED) is 0.791. The van der Waals surface area contributed by atoms with E-state index in [1.807, 2.05) is 0 Å². The minimum atomic E-state index is -0.240. The Kier molecular flexibility index (Phi) is 3.74. The third kappa shape index (κ3) is 3.03. The molecule has 0 heterocycles. The maximum absolute atomic E-state index is 12.7. The zero-order valence-electron chi connectivity index (χ0n) is 9.78. The molecule has 0 bridgehead atoms. The summed E-state index contributed by atoms with van der Waals surface area (Å²) < 4.78 is 17.6. The smallest absolute Gasteiger partial charge is 0.223 e. The van der Waals surface area contributed by atoms with Crippen molar-refractivity contribution >= 4 is 5.91 Å². The molecule has 0 aromatic heterocycles. The monoisotopic (exact) mass is 237 g/mol. The van der Waals surface area contributed by atoms with Crippen LogP contribution in [0.15, 0.2) is 24.3 Å². The number of benzene rings is 1. The number of carbonyl (C=O) groups excluding carboxylic acids is 1. The van der Waals surface area contributed by atoms with Crippen LogP contribution in [-0.4, -0.2) is 26.2 Å².